The van der Waals surface area contributed by atoms with E-state index < -0.39 is 0 Å². The van der Waals surface area contributed by atoms with E-state index in [0.717, 1.165) is 36.2 Å². The zero-order valence-electron chi connectivity index (χ0n) is 12.8. The smallest absolute Gasteiger partial charge is 0.238 e. The highest BCUT2D eigenvalue weighted by Crippen LogP contribution is 2.19. The number of unbranched alkanes of at least 4 members (excludes halogenated alkanes) is 1. The van der Waals surface area contributed by atoms with Crippen molar-refractivity contribution in [2.75, 3.05) is 31.6 Å². The summed E-state index contributed by atoms with van der Waals surface area (Å²) >= 11 is 0. The predicted octanol–water partition coefficient (Wildman–Crippen LogP) is 2.34. The second-order valence-electron chi connectivity index (χ2n) is 5.17. The minimum absolute atomic E-state index is 0.0213. The van der Waals surface area contributed by atoms with Gasteiger partial charge in [0.25, 0.3) is 0 Å². The van der Waals surface area contributed by atoms with Crippen molar-refractivity contribution < 1.29 is 9.90 Å². The highest BCUT2D eigenvalue weighted by molar-refractivity contribution is 5.93. The van der Waals surface area contributed by atoms with Gasteiger partial charge < -0.3 is 10.4 Å². The quantitative estimate of drug-likeness (QED) is 0.767. The van der Waals surface area contributed by atoms with Crippen molar-refractivity contribution in [3.63, 3.8) is 0 Å². The van der Waals surface area contributed by atoms with Crippen molar-refractivity contribution >= 4 is 11.6 Å². The van der Waals surface area contributed by atoms with E-state index in [1.165, 1.54) is 0 Å². The van der Waals surface area contributed by atoms with Crippen molar-refractivity contribution in [1.82, 2.24) is 4.90 Å². The molecule has 20 heavy (non-hydrogen) atoms. The Bertz CT molecular complexity index is 412. The number of nitrogens with one attached hydrogen (secondary N) is 1. The summed E-state index contributed by atoms with van der Waals surface area (Å²) in [6.07, 6.45) is 2.12. The summed E-state index contributed by atoms with van der Waals surface area (Å²) < 4.78 is 0. The molecule has 0 aliphatic rings. The average molecular weight is 278 g/mol. The molecule has 112 valence electrons. The van der Waals surface area contributed by atoms with Crippen molar-refractivity contribution in [2.45, 2.75) is 33.6 Å². The average Bonchev–Trinajstić information content (AvgIpc) is 2.40. The second kappa shape index (κ2) is 8.72. The van der Waals surface area contributed by atoms with Crippen LogP contribution in [0.3, 0.4) is 0 Å². The fraction of sp³-hybridized carbons (Fsp3) is 0.562. The zero-order chi connectivity index (χ0) is 15.0. The van der Waals surface area contributed by atoms with Gasteiger partial charge in [-0.1, -0.05) is 31.5 Å². The number of amides is 1. The maximum Gasteiger partial charge on any atom is 0.238 e. The molecule has 0 radical (unpaired) electrons. The van der Waals surface area contributed by atoms with E-state index in [0.29, 0.717) is 13.1 Å². The van der Waals surface area contributed by atoms with E-state index in [2.05, 4.69) is 12.2 Å². The molecule has 0 aromatic heterocycles. The van der Waals surface area contributed by atoms with E-state index in [9.17, 15) is 4.79 Å². The van der Waals surface area contributed by atoms with Gasteiger partial charge in [0, 0.05) is 12.2 Å². The first-order valence-electron chi connectivity index (χ1n) is 7.27. The topological polar surface area (TPSA) is 52.6 Å². The maximum absolute atomic E-state index is 12.1. The predicted molar refractivity (Wildman–Crippen MR) is 83.0 cm³/mol. The number of anilines is 1. The Hall–Kier alpha value is -1.39. The molecule has 0 saturated heterocycles. The van der Waals surface area contributed by atoms with Gasteiger partial charge in [-0.25, -0.2) is 0 Å². The molecule has 0 spiro atoms. The summed E-state index contributed by atoms with van der Waals surface area (Å²) in [5.74, 6) is -0.0213. The maximum atomic E-state index is 12.1. The van der Waals surface area contributed by atoms with Crippen LogP contribution >= 0.6 is 0 Å². The zero-order valence-corrected chi connectivity index (χ0v) is 12.8. The first kappa shape index (κ1) is 16.7. The molecule has 0 fully saturated rings. The minimum atomic E-state index is -0.0213. The Morgan fingerprint density at radius 1 is 1.25 bits per heavy atom. The van der Waals surface area contributed by atoms with Gasteiger partial charge in [0.05, 0.1) is 13.2 Å². The van der Waals surface area contributed by atoms with Gasteiger partial charge in [-0.05, 0) is 37.9 Å². The van der Waals surface area contributed by atoms with Crippen LogP contribution in [0.15, 0.2) is 18.2 Å². The van der Waals surface area contributed by atoms with E-state index >= 15 is 0 Å². The largest absolute Gasteiger partial charge is 0.395 e. The Morgan fingerprint density at radius 3 is 2.45 bits per heavy atom. The highest BCUT2D eigenvalue weighted by Gasteiger charge is 2.12. The van der Waals surface area contributed by atoms with Crippen molar-refractivity contribution in [1.29, 1.82) is 0 Å². The van der Waals surface area contributed by atoms with Gasteiger partial charge in [0.1, 0.15) is 0 Å². The molecule has 0 saturated carbocycles. The normalized spacial score (nSPS) is 10.8. The van der Waals surface area contributed by atoms with Crippen LogP contribution in [0, 0.1) is 13.8 Å². The van der Waals surface area contributed by atoms with Crippen molar-refractivity contribution in [3.05, 3.63) is 29.3 Å². The molecular weight excluding hydrogens is 252 g/mol. The summed E-state index contributed by atoms with van der Waals surface area (Å²) in [4.78, 5) is 14.1. The Labute approximate surface area is 121 Å². The van der Waals surface area contributed by atoms with Crippen LogP contribution in [0.2, 0.25) is 0 Å². The van der Waals surface area contributed by atoms with E-state index in [-0.39, 0.29) is 12.5 Å². The molecular formula is C16H26N2O2. The SMILES string of the molecule is CCCCN(CCO)CC(=O)Nc1c(C)cccc1C. The Morgan fingerprint density at radius 2 is 1.90 bits per heavy atom. The van der Waals surface area contributed by atoms with Gasteiger partial charge in [0.15, 0.2) is 0 Å². The number of aryl methyl sites for hydroxylation is 2. The molecule has 1 aromatic rings. The lowest BCUT2D eigenvalue weighted by Gasteiger charge is -2.21. The third kappa shape index (κ3) is 5.31. The number of carbonyl (C=O) groups is 1. The highest BCUT2D eigenvalue weighted by atomic mass is 16.3. The lowest BCUT2D eigenvalue weighted by Crippen LogP contribution is -2.36. The van der Waals surface area contributed by atoms with Gasteiger partial charge in [0.2, 0.25) is 5.91 Å². The van der Waals surface area contributed by atoms with Gasteiger partial charge in [-0.2, -0.15) is 0 Å². The van der Waals surface area contributed by atoms with Crippen molar-refractivity contribution in [3.8, 4) is 0 Å². The first-order valence-corrected chi connectivity index (χ1v) is 7.27. The Kier molecular flexibility index (Phi) is 7.26. The molecule has 4 nitrogen and oxygen atoms in total. The van der Waals surface area contributed by atoms with Crippen LogP contribution in [0.25, 0.3) is 0 Å². The third-order valence-corrected chi connectivity index (χ3v) is 3.36. The number of carbonyl (C=O) groups excluding carboxylic acids is 1. The molecule has 0 heterocycles. The number of hydrogen-bond donors (Lipinski definition) is 2. The van der Waals surface area contributed by atoms with E-state index in [1.807, 2.05) is 36.9 Å². The fourth-order valence-corrected chi connectivity index (χ4v) is 2.19. The molecule has 0 aliphatic heterocycles. The molecule has 1 aromatic carbocycles. The van der Waals surface area contributed by atoms with Gasteiger partial charge >= 0.3 is 0 Å². The van der Waals surface area contributed by atoms with Crippen LogP contribution in [-0.2, 0) is 4.79 Å². The minimum Gasteiger partial charge on any atom is -0.395 e. The number of rotatable bonds is 8. The van der Waals surface area contributed by atoms with Crippen LogP contribution in [0.4, 0.5) is 5.69 Å². The van der Waals surface area contributed by atoms with Crippen LogP contribution in [-0.4, -0.2) is 42.2 Å². The number of para-hydroxylation sites is 1. The lowest BCUT2D eigenvalue weighted by molar-refractivity contribution is -0.117. The second-order valence-corrected chi connectivity index (χ2v) is 5.17. The summed E-state index contributed by atoms with van der Waals surface area (Å²) in [7, 11) is 0. The number of aliphatic hydroxyl groups is 1. The molecule has 0 bridgehead atoms. The summed E-state index contributed by atoms with van der Waals surface area (Å²) in [5.41, 5.74) is 3.04. The first-order chi connectivity index (χ1) is 9.58. The summed E-state index contributed by atoms with van der Waals surface area (Å²) in [6.45, 7) is 7.90. The van der Waals surface area contributed by atoms with E-state index in [4.69, 9.17) is 5.11 Å². The molecule has 0 aliphatic carbocycles. The fourth-order valence-electron chi connectivity index (χ4n) is 2.19. The molecule has 0 atom stereocenters. The summed E-state index contributed by atoms with van der Waals surface area (Å²) in [5, 5.41) is 12.0. The van der Waals surface area contributed by atoms with Crippen LogP contribution < -0.4 is 5.32 Å². The molecule has 0 unspecified atom stereocenters. The van der Waals surface area contributed by atoms with Crippen molar-refractivity contribution in [2.24, 2.45) is 0 Å². The van der Waals surface area contributed by atoms with E-state index in [1.54, 1.807) is 0 Å². The molecule has 1 amide bonds. The monoisotopic (exact) mass is 278 g/mol. The number of aliphatic hydroxyl groups excluding tert-OH is 1. The Balaban J connectivity index is 2.61. The van der Waals surface area contributed by atoms with Gasteiger partial charge in [-0.3, -0.25) is 9.69 Å². The molecule has 1 rings (SSSR count). The molecule has 4 heteroatoms. The lowest BCUT2D eigenvalue weighted by atomic mass is 10.1. The van der Waals surface area contributed by atoms with Crippen LogP contribution in [0.5, 0.6) is 0 Å². The summed E-state index contributed by atoms with van der Waals surface area (Å²) in [6, 6.07) is 5.97. The standard InChI is InChI=1S/C16H26N2O2/c1-4-5-9-18(10-11-19)12-15(20)17-16-13(2)7-6-8-14(16)3/h6-8,19H,4-5,9-12H2,1-3H3,(H,17,20). The number of benzene rings is 1. The molecule has 2 N–H and O–H groups in total. The number of nitrogens with zero attached hydrogens (tertiary/aromatic N) is 1. The third-order valence-electron chi connectivity index (χ3n) is 3.36. The van der Waals surface area contributed by atoms with Gasteiger partial charge in [-0.15, -0.1) is 0 Å². The van der Waals surface area contributed by atoms with Crippen LogP contribution in [0.1, 0.15) is 30.9 Å². The number of hydrogen-bond acceptors (Lipinski definition) is 3.